The number of H-pyrrole nitrogens is 1. The number of aromatic amines is 1. The molecule has 9 nitrogen and oxygen atoms in total. The van der Waals surface area contributed by atoms with Gasteiger partial charge < -0.3 is 20.1 Å². The van der Waals surface area contributed by atoms with E-state index in [9.17, 15) is 14.7 Å². The Balaban J connectivity index is 1.72. The van der Waals surface area contributed by atoms with Gasteiger partial charge in [-0.15, -0.1) is 0 Å². The molecule has 0 atom stereocenters. The van der Waals surface area contributed by atoms with Gasteiger partial charge in [0.15, 0.2) is 11.4 Å². The van der Waals surface area contributed by atoms with Crippen LogP contribution in [0.15, 0.2) is 59.7 Å². The van der Waals surface area contributed by atoms with Crippen molar-refractivity contribution in [3.63, 3.8) is 0 Å². The summed E-state index contributed by atoms with van der Waals surface area (Å²) in [5.41, 5.74) is 1.44. The summed E-state index contributed by atoms with van der Waals surface area (Å²) in [6, 6.07) is 12.8. The molecule has 0 spiro atoms. The fraction of sp³-hybridized carbons (Fsp3) is 0.0526. The van der Waals surface area contributed by atoms with Gasteiger partial charge in [-0.25, -0.2) is 4.98 Å². The van der Waals surface area contributed by atoms with Gasteiger partial charge in [-0.1, -0.05) is 12.1 Å². The number of carbonyl (C=O) groups excluding carboxylic acids is 1. The van der Waals surface area contributed by atoms with E-state index < -0.39 is 17.2 Å². The van der Waals surface area contributed by atoms with Crippen LogP contribution in [0, 0.1) is 0 Å². The van der Waals surface area contributed by atoms with Crippen molar-refractivity contribution >= 4 is 22.6 Å². The third-order valence-corrected chi connectivity index (χ3v) is 4.12. The zero-order valence-electron chi connectivity index (χ0n) is 14.7. The number of anilines is 1. The molecule has 9 heteroatoms. The van der Waals surface area contributed by atoms with Gasteiger partial charge in [0.1, 0.15) is 11.4 Å². The Morgan fingerprint density at radius 2 is 2.04 bits per heavy atom. The second-order valence-corrected chi connectivity index (χ2v) is 5.89. The van der Waals surface area contributed by atoms with Gasteiger partial charge in [-0.3, -0.25) is 9.59 Å². The lowest BCUT2D eigenvalue weighted by Crippen LogP contribution is -2.25. The van der Waals surface area contributed by atoms with E-state index in [2.05, 4.69) is 20.4 Å². The number of nitrogens with one attached hydrogen (secondary N) is 2. The van der Waals surface area contributed by atoms with Gasteiger partial charge >= 0.3 is 0 Å². The van der Waals surface area contributed by atoms with E-state index >= 15 is 0 Å². The summed E-state index contributed by atoms with van der Waals surface area (Å²) in [7, 11) is 1.46. The molecule has 0 saturated heterocycles. The molecule has 140 valence electrons. The second-order valence-electron chi connectivity index (χ2n) is 5.89. The predicted octanol–water partition coefficient (Wildman–Crippen LogP) is 2.08. The molecule has 4 aromatic rings. The summed E-state index contributed by atoms with van der Waals surface area (Å²) in [6.07, 6.45) is 1.55. The smallest absolute Gasteiger partial charge is 0.279 e. The maximum atomic E-state index is 12.7. The maximum absolute atomic E-state index is 12.7. The second kappa shape index (κ2) is 6.88. The monoisotopic (exact) mass is 377 g/mol. The standard InChI is InChI=1S/C19H15N5O4/c1-28-16-5-3-2-4-14(16)24-17(26)9-15(25)18(23-24)19(27)22-11-6-7-12-13(8-11)21-10-20-12/h2-10,25H,1H3,(H,20,21)(H,22,27). The van der Waals surface area contributed by atoms with Crippen molar-refractivity contribution in [2.75, 3.05) is 12.4 Å². The molecule has 2 aromatic heterocycles. The number of hydrogen-bond donors (Lipinski definition) is 3. The van der Waals surface area contributed by atoms with Gasteiger partial charge in [0.05, 0.1) is 24.5 Å². The van der Waals surface area contributed by atoms with Crippen molar-refractivity contribution in [3.05, 3.63) is 70.9 Å². The van der Waals surface area contributed by atoms with E-state index in [1.165, 1.54) is 7.11 Å². The van der Waals surface area contributed by atoms with Crippen LogP contribution < -0.4 is 15.6 Å². The quantitative estimate of drug-likeness (QED) is 0.500. The van der Waals surface area contributed by atoms with Gasteiger partial charge in [-0.2, -0.15) is 9.78 Å². The van der Waals surface area contributed by atoms with E-state index in [0.29, 0.717) is 17.1 Å². The summed E-state index contributed by atoms with van der Waals surface area (Å²) in [4.78, 5) is 32.0. The predicted molar refractivity (Wildman–Crippen MR) is 102 cm³/mol. The average Bonchev–Trinajstić information content (AvgIpc) is 3.16. The van der Waals surface area contributed by atoms with Crippen LogP contribution >= 0.6 is 0 Å². The first-order valence-corrected chi connectivity index (χ1v) is 8.28. The maximum Gasteiger partial charge on any atom is 0.279 e. The van der Waals surface area contributed by atoms with Crippen molar-refractivity contribution in [2.24, 2.45) is 0 Å². The van der Waals surface area contributed by atoms with E-state index in [1.807, 2.05) is 0 Å². The summed E-state index contributed by atoms with van der Waals surface area (Å²) < 4.78 is 6.25. The number of amides is 1. The highest BCUT2D eigenvalue weighted by Crippen LogP contribution is 2.22. The molecular formula is C19H15N5O4. The fourth-order valence-corrected chi connectivity index (χ4v) is 2.79. The summed E-state index contributed by atoms with van der Waals surface area (Å²) in [6.45, 7) is 0. The van der Waals surface area contributed by atoms with E-state index in [4.69, 9.17) is 4.74 Å². The zero-order chi connectivity index (χ0) is 19.7. The summed E-state index contributed by atoms with van der Waals surface area (Å²) in [5.74, 6) is -0.782. The minimum absolute atomic E-state index is 0.296. The average molecular weight is 377 g/mol. The highest BCUT2D eigenvalue weighted by molar-refractivity contribution is 6.05. The third kappa shape index (κ3) is 3.05. The van der Waals surface area contributed by atoms with E-state index in [1.54, 1.807) is 48.8 Å². The van der Waals surface area contributed by atoms with Gasteiger partial charge in [0, 0.05) is 11.8 Å². The van der Waals surface area contributed by atoms with E-state index in [-0.39, 0.29) is 5.69 Å². The Bertz CT molecular complexity index is 1240. The number of hydrogen-bond acceptors (Lipinski definition) is 6. The van der Waals surface area contributed by atoms with Crippen LogP contribution in [-0.4, -0.2) is 37.9 Å². The lowest BCUT2D eigenvalue weighted by atomic mass is 10.2. The van der Waals surface area contributed by atoms with Crippen molar-refractivity contribution < 1.29 is 14.6 Å². The number of para-hydroxylation sites is 2. The molecule has 2 aromatic carbocycles. The van der Waals surface area contributed by atoms with Crippen molar-refractivity contribution in [3.8, 4) is 17.2 Å². The molecule has 0 saturated carbocycles. The third-order valence-electron chi connectivity index (χ3n) is 4.12. The van der Waals surface area contributed by atoms with Crippen LogP contribution in [0.25, 0.3) is 16.7 Å². The SMILES string of the molecule is COc1ccccc1-n1nc(C(=O)Nc2ccc3nc[nH]c3c2)c(O)cc1=O. The highest BCUT2D eigenvalue weighted by Gasteiger charge is 2.18. The van der Waals surface area contributed by atoms with E-state index in [0.717, 1.165) is 21.8 Å². The number of methoxy groups -OCH3 is 1. The Labute approximate surface area is 158 Å². The van der Waals surface area contributed by atoms with Crippen LogP contribution in [0.1, 0.15) is 10.5 Å². The summed E-state index contributed by atoms with van der Waals surface area (Å²) >= 11 is 0. The first-order chi connectivity index (χ1) is 13.6. The lowest BCUT2D eigenvalue weighted by molar-refractivity contribution is 0.101. The normalized spacial score (nSPS) is 10.8. The Morgan fingerprint density at radius 3 is 2.86 bits per heavy atom. The van der Waals surface area contributed by atoms with Crippen LogP contribution in [0.5, 0.6) is 11.5 Å². The molecule has 1 amide bonds. The number of nitrogens with zero attached hydrogens (tertiary/aromatic N) is 3. The Morgan fingerprint density at radius 1 is 1.21 bits per heavy atom. The number of benzene rings is 2. The van der Waals surface area contributed by atoms with Crippen LogP contribution in [0.4, 0.5) is 5.69 Å². The van der Waals surface area contributed by atoms with Crippen LogP contribution in [-0.2, 0) is 0 Å². The van der Waals surface area contributed by atoms with Crippen LogP contribution in [0.3, 0.4) is 0 Å². The molecule has 2 heterocycles. The number of ether oxygens (including phenoxy) is 1. The molecular weight excluding hydrogens is 362 g/mol. The molecule has 0 aliphatic carbocycles. The first kappa shape index (κ1) is 17.3. The van der Waals surface area contributed by atoms with Gasteiger partial charge in [0.25, 0.3) is 11.5 Å². The zero-order valence-corrected chi connectivity index (χ0v) is 14.7. The van der Waals surface area contributed by atoms with Gasteiger partial charge in [-0.05, 0) is 30.3 Å². The molecule has 4 rings (SSSR count). The largest absolute Gasteiger partial charge is 0.505 e. The number of fused-ring (bicyclic) bond motifs is 1. The molecule has 0 aliphatic heterocycles. The van der Waals surface area contributed by atoms with Gasteiger partial charge in [0.2, 0.25) is 0 Å². The fourth-order valence-electron chi connectivity index (χ4n) is 2.79. The molecule has 0 aliphatic rings. The first-order valence-electron chi connectivity index (χ1n) is 8.28. The Kier molecular flexibility index (Phi) is 4.24. The number of rotatable bonds is 4. The number of carbonyl (C=O) groups is 1. The minimum Gasteiger partial charge on any atom is -0.505 e. The van der Waals surface area contributed by atoms with Crippen LogP contribution in [0.2, 0.25) is 0 Å². The molecule has 0 fully saturated rings. The van der Waals surface area contributed by atoms with Crippen molar-refractivity contribution in [2.45, 2.75) is 0 Å². The molecule has 0 radical (unpaired) electrons. The molecule has 0 unspecified atom stereocenters. The highest BCUT2D eigenvalue weighted by atomic mass is 16.5. The number of aromatic hydroxyl groups is 1. The minimum atomic E-state index is -0.667. The molecule has 28 heavy (non-hydrogen) atoms. The topological polar surface area (TPSA) is 122 Å². The lowest BCUT2D eigenvalue weighted by Gasteiger charge is -2.12. The molecule has 0 bridgehead atoms. The van der Waals surface area contributed by atoms with Crippen molar-refractivity contribution in [1.29, 1.82) is 0 Å². The number of aromatic nitrogens is 4. The Hall–Kier alpha value is -4.14. The molecule has 3 N–H and O–H groups in total. The number of imidazole rings is 1. The summed E-state index contributed by atoms with van der Waals surface area (Å²) in [5, 5.41) is 16.8. The van der Waals surface area contributed by atoms with Crippen molar-refractivity contribution in [1.82, 2.24) is 19.7 Å².